The topological polar surface area (TPSA) is 41.9 Å². The molecule has 1 atom stereocenters. The fourth-order valence-corrected chi connectivity index (χ4v) is 2.67. The number of aryl methyl sites for hydroxylation is 2. The van der Waals surface area contributed by atoms with Crippen LogP contribution in [0.5, 0.6) is 0 Å². The SMILES string of the molecule is Cc1cc(NCC2Cc3ccccc3CN2)n(C)n1. The van der Waals surface area contributed by atoms with Crippen molar-refractivity contribution in [2.45, 2.75) is 25.9 Å². The summed E-state index contributed by atoms with van der Waals surface area (Å²) in [5, 5.41) is 11.4. The van der Waals surface area contributed by atoms with E-state index in [9.17, 15) is 0 Å². The molecule has 0 saturated heterocycles. The molecule has 0 spiro atoms. The van der Waals surface area contributed by atoms with E-state index in [1.165, 1.54) is 11.1 Å². The summed E-state index contributed by atoms with van der Waals surface area (Å²) in [5.74, 6) is 1.08. The zero-order chi connectivity index (χ0) is 13.2. The Kier molecular flexibility index (Phi) is 3.25. The number of nitrogens with one attached hydrogen (secondary N) is 2. The van der Waals surface area contributed by atoms with Gasteiger partial charge in [-0.15, -0.1) is 0 Å². The van der Waals surface area contributed by atoms with Crippen LogP contribution in [0.4, 0.5) is 5.82 Å². The van der Waals surface area contributed by atoms with Crippen LogP contribution in [-0.2, 0) is 20.0 Å². The Bertz CT molecular complexity index is 573. The molecule has 3 rings (SSSR count). The van der Waals surface area contributed by atoms with E-state index in [0.717, 1.165) is 31.0 Å². The molecule has 1 aromatic carbocycles. The zero-order valence-corrected chi connectivity index (χ0v) is 11.5. The molecule has 1 unspecified atom stereocenters. The Labute approximate surface area is 113 Å². The van der Waals surface area contributed by atoms with Gasteiger partial charge in [0.05, 0.1) is 5.69 Å². The normalized spacial score (nSPS) is 18.1. The van der Waals surface area contributed by atoms with Gasteiger partial charge in [-0.1, -0.05) is 24.3 Å². The first kappa shape index (κ1) is 12.2. The molecular formula is C15H20N4. The van der Waals surface area contributed by atoms with Gasteiger partial charge in [0.2, 0.25) is 0 Å². The quantitative estimate of drug-likeness (QED) is 0.880. The molecule has 1 aliphatic rings. The summed E-state index contributed by atoms with van der Waals surface area (Å²) < 4.78 is 1.89. The third-order valence-electron chi connectivity index (χ3n) is 3.70. The van der Waals surface area contributed by atoms with Crippen molar-refractivity contribution in [3.63, 3.8) is 0 Å². The standard InChI is InChI=1S/C15H20N4/c1-11-7-15(19(2)18-11)17-10-14-8-12-5-3-4-6-13(12)9-16-14/h3-7,14,16-17H,8-10H2,1-2H3. The summed E-state index contributed by atoms with van der Waals surface area (Å²) in [5.41, 5.74) is 3.94. The third-order valence-corrected chi connectivity index (χ3v) is 3.70. The highest BCUT2D eigenvalue weighted by molar-refractivity contribution is 5.37. The van der Waals surface area contributed by atoms with E-state index < -0.39 is 0 Å². The molecule has 100 valence electrons. The highest BCUT2D eigenvalue weighted by atomic mass is 15.3. The van der Waals surface area contributed by atoms with E-state index in [0.29, 0.717) is 6.04 Å². The highest BCUT2D eigenvalue weighted by Gasteiger charge is 2.17. The van der Waals surface area contributed by atoms with Gasteiger partial charge in [0.1, 0.15) is 5.82 Å². The Hall–Kier alpha value is -1.81. The van der Waals surface area contributed by atoms with Crippen LogP contribution in [0.2, 0.25) is 0 Å². The number of anilines is 1. The first-order valence-corrected chi connectivity index (χ1v) is 6.77. The van der Waals surface area contributed by atoms with Crippen LogP contribution in [0.15, 0.2) is 30.3 Å². The maximum absolute atomic E-state index is 4.34. The van der Waals surface area contributed by atoms with Crippen LogP contribution in [0, 0.1) is 6.92 Å². The minimum atomic E-state index is 0.477. The molecule has 1 aromatic heterocycles. The molecule has 2 N–H and O–H groups in total. The Morgan fingerprint density at radius 2 is 2.16 bits per heavy atom. The van der Waals surface area contributed by atoms with Gasteiger partial charge in [-0.05, 0) is 24.5 Å². The van der Waals surface area contributed by atoms with Crippen molar-refractivity contribution in [3.05, 3.63) is 47.2 Å². The van der Waals surface area contributed by atoms with Gasteiger partial charge >= 0.3 is 0 Å². The van der Waals surface area contributed by atoms with Gasteiger partial charge in [-0.2, -0.15) is 5.10 Å². The monoisotopic (exact) mass is 256 g/mol. The number of hydrogen-bond donors (Lipinski definition) is 2. The van der Waals surface area contributed by atoms with Gasteiger partial charge in [-0.25, -0.2) is 0 Å². The van der Waals surface area contributed by atoms with Gasteiger partial charge < -0.3 is 10.6 Å². The van der Waals surface area contributed by atoms with Crippen LogP contribution in [0.25, 0.3) is 0 Å². The van der Waals surface area contributed by atoms with Gasteiger partial charge in [-0.3, -0.25) is 4.68 Å². The largest absolute Gasteiger partial charge is 0.369 e. The average molecular weight is 256 g/mol. The van der Waals surface area contributed by atoms with Gasteiger partial charge in [0.25, 0.3) is 0 Å². The Morgan fingerprint density at radius 3 is 2.89 bits per heavy atom. The maximum atomic E-state index is 4.34. The van der Waals surface area contributed by atoms with E-state index >= 15 is 0 Å². The lowest BCUT2D eigenvalue weighted by molar-refractivity contribution is 0.496. The van der Waals surface area contributed by atoms with Crippen LogP contribution < -0.4 is 10.6 Å². The first-order chi connectivity index (χ1) is 9.22. The fourth-order valence-electron chi connectivity index (χ4n) is 2.67. The van der Waals surface area contributed by atoms with Crippen molar-refractivity contribution in [2.75, 3.05) is 11.9 Å². The molecular weight excluding hydrogens is 236 g/mol. The molecule has 0 bridgehead atoms. The number of hydrogen-bond acceptors (Lipinski definition) is 3. The number of nitrogens with zero attached hydrogens (tertiary/aromatic N) is 2. The van der Waals surface area contributed by atoms with E-state index in [4.69, 9.17) is 0 Å². The second-order valence-corrected chi connectivity index (χ2v) is 5.23. The molecule has 0 saturated carbocycles. The maximum Gasteiger partial charge on any atom is 0.124 e. The predicted octanol–water partition coefficient (Wildman–Crippen LogP) is 1.85. The van der Waals surface area contributed by atoms with E-state index in [2.05, 4.69) is 46.1 Å². The molecule has 0 radical (unpaired) electrons. The molecule has 4 heteroatoms. The summed E-state index contributed by atoms with van der Waals surface area (Å²) in [6.45, 7) is 3.90. The summed E-state index contributed by atoms with van der Waals surface area (Å²) in [4.78, 5) is 0. The van der Waals surface area contributed by atoms with Crippen molar-refractivity contribution in [1.82, 2.24) is 15.1 Å². The summed E-state index contributed by atoms with van der Waals surface area (Å²) >= 11 is 0. The number of aromatic nitrogens is 2. The van der Waals surface area contributed by atoms with Crippen molar-refractivity contribution < 1.29 is 0 Å². The lowest BCUT2D eigenvalue weighted by Crippen LogP contribution is -2.40. The summed E-state index contributed by atoms with van der Waals surface area (Å²) in [6.07, 6.45) is 1.08. The second kappa shape index (κ2) is 5.05. The van der Waals surface area contributed by atoms with Gasteiger partial charge in [0.15, 0.2) is 0 Å². The van der Waals surface area contributed by atoms with Crippen molar-refractivity contribution in [1.29, 1.82) is 0 Å². The second-order valence-electron chi connectivity index (χ2n) is 5.23. The van der Waals surface area contributed by atoms with Crippen LogP contribution in [-0.4, -0.2) is 22.4 Å². The summed E-state index contributed by atoms with van der Waals surface area (Å²) in [6, 6.07) is 11.2. The van der Waals surface area contributed by atoms with Crippen LogP contribution in [0.1, 0.15) is 16.8 Å². The average Bonchev–Trinajstić information content (AvgIpc) is 2.74. The van der Waals surface area contributed by atoms with E-state index in [1.807, 2.05) is 18.7 Å². The van der Waals surface area contributed by atoms with Gasteiger partial charge in [0, 0.05) is 32.2 Å². The highest BCUT2D eigenvalue weighted by Crippen LogP contribution is 2.17. The molecule has 2 heterocycles. The van der Waals surface area contributed by atoms with Crippen LogP contribution >= 0.6 is 0 Å². The van der Waals surface area contributed by atoms with Crippen LogP contribution in [0.3, 0.4) is 0 Å². The number of benzene rings is 1. The lowest BCUT2D eigenvalue weighted by atomic mass is 9.96. The van der Waals surface area contributed by atoms with Crippen molar-refractivity contribution >= 4 is 5.82 Å². The molecule has 0 aliphatic carbocycles. The zero-order valence-electron chi connectivity index (χ0n) is 11.5. The van der Waals surface area contributed by atoms with Crippen molar-refractivity contribution in [3.8, 4) is 0 Å². The molecule has 0 amide bonds. The molecule has 1 aliphatic heterocycles. The minimum absolute atomic E-state index is 0.477. The number of fused-ring (bicyclic) bond motifs is 1. The minimum Gasteiger partial charge on any atom is -0.369 e. The molecule has 19 heavy (non-hydrogen) atoms. The fraction of sp³-hybridized carbons (Fsp3) is 0.400. The smallest absolute Gasteiger partial charge is 0.124 e. The Morgan fingerprint density at radius 1 is 1.37 bits per heavy atom. The van der Waals surface area contributed by atoms with E-state index in [-0.39, 0.29) is 0 Å². The lowest BCUT2D eigenvalue weighted by Gasteiger charge is -2.26. The molecule has 4 nitrogen and oxygen atoms in total. The van der Waals surface area contributed by atoms with E-state index in [1.54, 1.807) is 0 Å². The first-order valence-electron chi connectivity index (χ1n) is 6.77. The third kappa shape index (κ3) is 2.63. The number of rotatable bonds is 3. The summed E-state index contributed by atoms with van der Waals surface area (Å²) in [7, 11) is 1.97. The van der Waals surface area contributed by atoms with Crippen molar-refractivity contribution in [2.24, 2.45) is 7.05 Å². The molecule has 2 aromatic rings. The molecule has 0 fully saturated rings. The predicted molar refractivity (Wildman–Crippen MR) is 77.2 cm³/mol. The Balaban J connectivity index is 1.62.